The number of sulfonamides is 1. The number of hydrogen-bond donors (Lipinski definition) is 1. The number of carbonyl (C=O) groups is 1. The second-order valence-corrected chi connectivity index (χ2v) is 7.42. The molecular weight excluding hydrogens is 264 g/mol. The van der Waals surface area contributed by atoms with Gasteiger partial charge in [-0.05, 0) is 32.6 Å². The SMILES string of the molecule is CCCS(=O)(=O)N1CCC[C@H](C(=O)N[C@H](C)CC)C1. The summed E-state index contributed by atoms with van der Waals surface area (Å²) in [6, 6.07) is 0.148. The third kappa shape index (κ3) is 4.76. The van der Waals surface area contributed by atoms with Gasteiger partial charge >= 0.3 is 0 Å². The van der Waals surface area contributed by atoms with Gasteiger partial charge in [0, 0.05) is 19.1 Å². The molecule has 1 aliphatic rings. The maximum Gasteiger partial charge on any atom is 0.224 e. The van der Waals surface area contributed by atoms with Gasteiger partial charge in [0.15, 0.2) is 0 Å². The van der Waals surface area contributed by atoms with Crippen molar-refractivity contribution in [1.82, 2.24) is 9.62 Å². The van der Waals surface area contributed by atoms with Crippen molar-refractivity contribution in [2.45, 2.75) is 52.5 Å². The van der Waals surface area contributed by atoms with E-state index in [1.165, 1.54) is 4.31 Å². The van der Waals surface area contributed by atoms with Crippen LogP contribution in [0.15, 0.2) is 0 Å². The van der Waals surface area contributed by atoms with E-state index >= 15 is 0 Å². The van der Waals surface area contributed by atoms with Gasteiger partial charge in [-0.1, -0.05) is 13.8 Å². The van der Waals surface area contributed by atoms with Crippen LogP contribution in [0.25, 0.3) is 0 Å². The molecule has 0 saturated carbocycles. The summed E-state index contributed by atoms with van der Waals surface area (Å²) in [5, 5.41) is 2.94. The fraction of sp³-hybridized carbons (Fsp3) is 0.923. The average molecular weight is 290 g/mol. The molecule has 0 bridgehead atoms. The Balaban J connectivity index is 2.62. The second-order valence-electron chi connectivity index (χ2n) is 5.33. The summed E-state index contributed by atoms with van der Waals surface area (Å²) in [5.74, 6) is -0.0349. The van der Waals surface area contributed by atoms with Crippen molar-refractivity contribution < 1.29 is 13.2 Å². The Labute approximate surface area is 116 Å². The number of nitrogens with one attached hydrogen (secondary N) is 1. The molecule has 1 heterocycles. The van der Waals surface area contributed by atoms with E-state index in [-0.39, 0.29) is 23.6 Å². The summed E-state index contributed by atoms with van der Waals surface area (Å²) < 4.78 is 25.5. The van der Waals surface area contributed by atoms with Gasteiger partial charge in [-0.25, -0.2) is 12.7 Å². The Morgan fingerprint density at radius 2 is 2.11 bits per heavy atom. The molecule has 1 amide bonds. The largest absolute Gasteiger partial charge is 0.353 e. The lowest BCUT2D eigenvalue weighted by molar-refractivity contribution is -0.126. The lowest BCUT2D eigenvalue weighted by Gasteiger charge is -2.31. The predicted molar refractivity (Wildman–Crippen MR) is 76.3 cm³/mol. The average Bonchev–Trinajstić information content (AvgIpc) is 2.38. The van der Waals surface area contributed by atoms with E-state index in [9.17, 15) is 13.2 Å². The first-order valence-electron chi connectivity index (χ1n) is 7.18. The molecule has 19 heavy (non-hydrogen) atoms. The van der Waals surface area contributed by atoms with Crippen molar-refractivity contribution in [3.05, 3.63) is 0 Å². The summed E-state index contributed by atoms with van der Waals surface area (Å²) in [6.07, 6.45) is 3.04. The van der Waals surface area contributed by atoms with Crippen molar-refractivity contribution in [3.8, 4) is 0 Å². The second kappa shape index (κ2) is 7.24. The van der Waals surface area contributed by atoms with E-state index in [0.29, 0.717) is 19.5 Å². The quantitative estimate of drug-likeness (QED) is 0.803. The van der Waals surface area contributed by atoms with Crippen LogP contribution in [-0.2, 0) is 14.8 Å². The van der Waals surface area contributed by atoms with Crippen molar-refractivity contribution in [2.75, 3.05) is 18.8 Å². The van der Waals surface area contributed by atoms with Gasteiger partial charge < -0.3 is 5.32 Å². The van der Waals surface area contributed by atoms with E-state index in [0.717, 1.165) is 19.3 Å². The number of nitrogens with zero attached hydrogens (tertiary/aromatic N) is 1. The van der Waals surface area contributed by atoms with Crippen LogP contribution >= 0.6 is 0 Å². The molecule has 0 aliphatic carbocycles. The molecule has 5 nitrogen and oxygen atoms in total. The summed E-state index contributed by atoms with van der Waals surface area (Å²) >= 11 is 0. The Morgan fingerprint density at radius 1 is 1.42 bits per heavy atom. The number of carbonyl (C=O) groups excluding carboxylic acids is 1. The molecule has 1 aliphatic heterocycles. The molecule has 2 atom stereocenters. The Morgan fingerprint density at radius 3 is 2.68 bits per heavy atom. The molecule has 6 heteroatoms. The molecule has 1 fully saturated rings. The molecular formula is C13H26N2O3S. The first-order chi connectivity index (χ1) is 8.90. The van der Waals surface area contributed by atoms with Gasteiger partial charge in [0.25, 0.3) is 0 Å². The maximum absolute atomic E-state index is 12.1. The number of piperidine rings is 1. The van der Waals surface area contributed by atoms with Crippen LogP contribution in [0.5, 0.6) is 0 Å². The molecule has 0 spiro atoms. The number of hydrogen-bond acceptors (Lipinski definition) is 3. The van der Waals surface area contributed by atoms with E-state index in [1.807, 2.05) is 20.8 Å². The smallest absolute Gasteiger partial charge is 0.224 e. The number of amides is 1. The minimum Gasteiger partial charge on any atom is -0.353 e. The molecule has 0 unspecified atom stereocenters. The van der Waals surface area contributed by atoms with Crippen molar-refractivity contribution in [3.63, 3.8) is 0 Å². The molecule has 0 aromatic rings. The summed E-state index contributed by atoms with van der Waals surface area (Å²) in [5.41, 5.74) is 0. The van der Waals surface area contributed by atoms with Crippen LogP contribution in [0.1, 0.15) is 46.5 Å². The van der Waals surface area contributed by atoms with Crippen molar-refractivity contribution >= 4 is 15.9 Å². The zero-order valence-corrected chi connectivity index (χ0v) is 13.0. The minimum absolute atomic E-state index is 0.00857. The van der Waals surface area contributed by atoms with Crippen LogP contribution < -0.4 is 5.32 Å². The molecule has 1 rings (SSSR count). The highest BCUT2D eigenvalue weighted by molar-refractivity contribution is 7.89. The van der Waals surface area contributed by atoms with E-state index < -0.39 is 10.0 Å². The van der Waals surface area contributed by atoms with Crippen LogP contribution in [0, 0.1) is 5.92 Å². The summed E-state index contributed by atoms with van der Waals surface area (Å²) in [6.45, 7) is 6.73. The molecule has 0 radical (unpaired) electrons. The highest BCUT2D eigenvalue weighted by Crippen LogP contribution is 2.20. The van der Waals surface area contributed by atoms with Crippen molar-refractivity contribution in [2.24, 2.45) is 5.92 Å². The summed E-state index contributed by atoms with van der Waals surface area (Å²) in [7, 11) is -3.18. The lowest BCUT2D eigenvalue weighted by atomic mass is 9.98. The van der Waals surface area contributed by atoms with Gasteiger partial charge in [0.1, 0.15) is 0 Å². The van der Waals surface area contributed by atoms with Gasteiger partial charge in [0.2, 0.25) is 15.9 Å². The first kappa shape index (κ1) is 16.4. The third-order valence-corrected chi connectivity index (χ3v) is 5.65. The normalized spacial score (nSPS) is 23.0. The Kier molecular flexibility index (Phi) is 6.26. The zero-order chi connectivity index (χ0) is 14.5. The Hall–Kier alpha value is -0.620. The minimum atomic E-state index is -3.18. The highest BCUT2D eigenvalue weighted by Gasteiger charge is 2.31. The molecule has 0 aromatic carbocycles. The standard InChI is InChI=1S/C13H26N2O3S/c1-4-9-19(17,18)15-8-6-7-12(10-15)13(16)14-11(3)5-2/h11-12H,4-10H2,1-3H3,(H,14,16)/t11-,12+/m1/s1. The summed E-state index contributed by atoms with van der Waals surface area (Å²) in [4.78, 5) is 12.1. The maximum atomic E-state index is 12.1. The van der Waals surface area contributed by atoms with E-state index in [2.05, 4.69) is 5.32 Å². The fourth-order valence-corrected chi connectivity index (χ4v) is 3.85. The van der Waals surface area contributed by atoms with Gasteiger partial charge in [-0.15, -0.1) is 0 Å². The first-order valence-corrected chi connectivity index (χ1v) is 8.79. The molecule has 1 saturated heterocycles. The number of rotatable bonds is 6. The Bertz CT molecular complexity index is 395. The van der Waals surface area contributed by atoms with E-state index in [4.69, 9.17) is 0 Å². The van der Waals surface area contributed by atoms with Gasteiger partial charge in [0.05, 0.1) is 11.7 Å². The van der Waals surface area contributed by atoms with Gasteiger partial charge in [-0.3, -0.25) is 4.79 Å². The van der Waals surface area contributed by atoms with Crippen LogP contribution in [0.3, 0.4) is 0 Å². The van der Waals surface area contributed by atoms with Crippen LogP contribution in [-0.4, -0.2) is 43.5 Å². The molecule has 112 valence electrons. The predicted octanol–water partition coefficient (Wildman–Crippen LogP) is 1.35. The third-order valence-electron chi connectivity index (χ3n) is 3.61. The zero-order valence-electron chi connectivity index (χ0n) is 12.2. The highest BCUT2D eigenvalue weighted by atomic mass is 32.2. The lowest BCUT2D eigenvalue weighted by Crippen LogP contribution is -2.47. The topological polar surface area (TPSA) is 66.5 Å². The molecule has 0 aromatic heterocycles. The molecule has 1 N–H and O–H groups in total. The fourth-order valence-electron chi connectivity index (χ4n) is 2.26. The monoisotopic (exact) mass is 290 g/mol. The van der Waals surface area contributed by atoms with E-state index in [1.54, 1.807) is 0 Å². The van der Waals surface area contributed by atoms with Crippen LogP contribution in [0.2, 0.25) is 0 Å². The van der Waals surface area contributed by atoms with Crippen molar-refractivity contribution in [1.29, 1.82) is 0 Å². The van der Waals surface area contributed by atoms with Crippen LogP contribution in [0.4, 0.5) is 0 Å². The van der Waals surface area contributed by atoms with Gasteiger partial charge in [-0.2, -0.15) is 0 Å².